The summed E-state index contributed by atoms with van der Waals surface area (Å²) in [5, 5.41) is 4.08. The number of thiazole rings is 1. The molecule has 0 atom stereocenters. The summed E-state index contributed by atoms with van der Waals surface area (Å²) in [5.74, 6) is 0.571. The lowest BCUT2D eigenvalue weighted by Crippen LogP contribution is -2.07. The number of carbonyl (C=O) groups is 2. The molecule has 0 fully saturated rings. The number of aromatic nitrogens is 1. The molecule has 1 aromatic heterocycles. The average Bonchev–Trinajstić information content (AvgIpc) is 3.12. The van der Waals surface area contributed by atoms with Crippen LogP contribution in [0.25, 0.3) is 6.08 Å². The van der Waals surface area contributed by atoms with Gasteiger partial charge in [0.05, 0.1) is 17.7 Å². The van der Waals surface area contributed by atoms with E-state index in [9.17, 15) is 9.59 Å². The number of hydrogen-bond donors (Lipinski definition) is 1. The lowest BCUT2D eigenvalue weighted by Gasteiger charge is -2.13. The zero-order valence-electron chi connectivity index (χ0n) is 17.6. The molecule has 0 unspecified atom stereocenters. The Morgan fingerprint density at radius 3 is 2.50 bits per heavy atom. The first-order valence-electron chi connectivity index (χ1n) is 9.49. The van der Waals surface area contributed by atoms with E-state index in [4.69, 9.17) is 32.7 Å². The summed E-state index contributed by atoms with van der Waals surface area (Å²) in [5.41, 5.74) is 2.02. The molecular formula is C23H20Cl2N2O4S. The van der Waals surface area contributed by atoms with Gasteiger partial charge < -0.3 is 9.47 Å². The second-order valence-corrected chi connectivity index (χ2v) is 8.52. The van der Waals surface area contributed by atoms with E-state index in [1.54, 1.807) is 49.4 Å². The molecule has 166 valence electrons. The zero-order valence-corrected chi connectivity index (χ0v) is 19.9. The van der Waals surface area contributed by atoms with E-state index < -0.39 is 0 Å². The first kappa shape index (κ1) is 23.8. The highest BCUT2D eigenvalue weighted by molar-refractivity contribution is 7.17. The normalized spacial score (nSPS) is 10.9. The van der Waals surface area contributed by atoms with Gasteiger partial charge in [0.2, 0.25) is 5.91 Å². The van der Waals surface area contributed by atoms with Crippen molar-refractivity contribution in [2.24, 2.45) is 0 Å². The predicted octanol–water partition coefficient (Wildman–Crippen LogP) is 6.20. The number of nitrogens with zero attached hydrogens (tertiary/aromatic N) is 1. The number of nitrogens with one attached hydrogen (secondary N) is 1. The average molecular weight is 491 g/mol. The van der Waals surface area contributed by atoms with Crippen molar-refractivity contribution >= 4 is 57.4 Å². The van der Waals surface area contributed by atoms with Gasteiger partial charge in [0.15, 0.2) is 22.4 Å². The standard InChI is InChI=1S/C23H20Cl2N2O4S/c1-13-22(14(2)28)32-23(26-13)27-21(29)10-8-15-7-9-19(20(11-15)30-3)31-12-16-17(24)5-4-6-18(16)25/h4-11H,12H2,1-3H3,(H,26,27,29). The maximum Gasteiger partial charge on any atom is 0.250 e. The third-order valence-corrected chi connectivity index (χ3v) is 6.28. The largest absolute Gasteiger partial charge is 0.493 e. The van der Waals surface area contributed by atoms with E-state index in [1.807, 2.05) is 0 Å². The number of methoxy groups -OCH3 is 1. The second-order valence-electron chi connectivity index (χ2n) is 6.71. The summed E-state index contributed by atoms with van der Waals surface area (Å²) in [7, 11) is 1.53. The van der Waals surface area contributed by atoms with Crippen LogP contribution < -0.4 is 14.8 Å². The number of ether oxygens (including phenoxy) is 2. The van der Waals surface area contributed by atoms with Gasteiger partial charge in [-0.2, -0.15) is 0 Å². The first-order valence-corrected chi connectivity index (χ1v) is 11.1. The Kier molecular flexibility index (Phi) is 7.90. The Balaban J connectivity index is 1.67. The van der Waals surface area contributed by atoms with Crippen molar-refractivity contribution in [1.82, 2.24) is 4.98 Å². The maximum absolute atomic E-state index is 12.2. The Labute approximate surface area is 199 Å². The molecule has 1 heterocycles. The molecular weight excluding hydrogens is 471 g/mol. The third kappa shape index (κ3) is 5.88. The third-order valence-electron chi connectivity index (χ3n) is 4.40. The minimum absolute atomic E-state index is 0.0812. The molecule has 0 aliphatic carbocycles. The Bertz CT molecular complexity index is 1170. The van der Waals surface area contributed by atoms with E-state index in [-0.39, 0.29) is 18.3 Å². The smallest absolute Gasteiger partial charge is 0.250 e. The van der Waals surface area contributed by atoms with Crippen LogP contribution in [0.15, 0.2) is 42.5 Å². The van der Waals surface area contributed by atoms with Gasteiger partial charge in [-0.1, -0.05) is 46.7 Å². The van der Waals surface area contributed by atoms with Crippen LogP contribution in [-0.4, -0.2) is 23.8 Å². The fourth-order valence-electron chi connectivity index (χ4n) is 2.82. The molecule has 0 aliphatic heterocycles. The second kappa shape index (κ2) is 10.6. The maximum atomic E-state index is 12.2. The van der Waals surface area contributed by atoms with Gasteiger partial charge >= 0.3 is 0 Å². The summed E-state index contributed by atoms with van der Waals surface area (Å²) in [6.07, 6.45) is 3.02. The molecule has 0 aliphatic rings. The number of hydrogen-bond acceptors (Lipinski definition) is 6. The van der Waals surface area contributed by atoms with E-state index in [2.05, 4.69) is 10.3 Å². The molecule has 1 N–H and O–H groups in total. The van der Waals surface area contributed by atoms with Gasteiger partial charge in [0, 0.05) is 28.6 Å². The van der Waals surface area contributed by atoms with Crippen LogP contribution in [-0.2, 0) is 11.4 Å². The van der Waals surface area contributed by atoms with Crippen LogP contribution in [0.5, 0.6) is 11.5 Å². The number of ketones is 1. The van der Waals surface area contributed by atoms with Crippen molar-refractivity contribution in [2.45, 2.75) is 20.5 Å². The fraction of sp³-hybridized carbons (Fsp3) is 0.174. The minimum Gasteiger partial charge on any atom is -0.493 e. The molecule has 3 rings (SSSR count). The predicted molar refractivity (Wildman–Crippen MR) is 128 cm³/mol. The molecule has 0 saturated heterocycles. The molecule has 2 aromatic carbocycles. The van der Waals surface area contributed by atoms with E-state index in [1.165, 1.54) is 20.1 Å². The highest BCUT2D eigenvalue weighted by Gasteiger charge is 2.13. The summed E-state index contributed by atoms with van der Waals surface area (Å²) in [6.45, 7) is 3.38. The molecule has 0 bridgehead atoms. The zero-order chi connectivity index (χ0) is 23.3. The van der Waals surface area contributed by atoms with Crippen LogP contribution in [0.4, 0.5) is 5.13 Å². The fourth-order valence-corrected chi connectivity index (χ4v) is 4.19. The molecule has 0 radical (unpaired) electrons. The number of halogens is 2. The van der Waals surface area contributed by atoms with Crippen LogP contribution >= 0.6 is 34.5 Å². The van der Waals surface area contributed by atoms with Gasteiger partial charge in [0.25, 0.3) is 0 Å². The van der Waals surface area contributed by atoms with Gasteiger partial charge in [-0.05, 0) is 42.8 Å². The molecule has 3 aromatic rings. The van der Waals surface area contributed by atoms with Crippen molar-refractivity contribution in [3.05, 3.63) is 74.2 Å². The Morgan fingerprint density at radius 2 is 1.88 bits per heavy atom. The number of carbonyl (C=O) groups excluding carboxylic acids is 2. The van der Waals surface area contributed by atoms with Crippen molar-refractivity contribution in [1.29, 1.82) is 0 Å². The Hall–Kier alpha value is -2.87. The quantitative estimate of drug-likeness (QED) is 0.300. The van der Waals surface area contributed by atoms with Gasteiger partial charge in [0.1, 0.15) is 6.61 Å². The molecule has 32 heavy (non-hydrogen) atoms. The lowest BCUT2D eigenvalue weighted by molar-refractivity contribution is -0.111. The van der Waals surface area contributed by atoms with Gasteiger partial charge in [-0.3, -0.25) is 14.9 Å². The van der Waals surface area contributed by atoms with Crippen molar-refractivity contribution in [2.75, 3.05) is 12.4 Å². The van der Waals surface area contributed by atoms with Gasteiger partial charge in [-0.15, -0.1) is 0 Å². The number of anilines is 1. The number of benzene rings is 2. The topological polar surface area (TPSA) is 77.5 Å². The molecule has 0 spiro atoms. The molecule has 0 saturated carbocycles. The number of Topliss-reactive ketones (excluding diaryl/α,β-unsaturated/α-hetero) is 1. The molecule has 1 amide bonds. The van der Waals surface area contributed by atoms with Crippen LogP contribution in [0, 0.1) is 6.92 Å². The summed E-state index contributed by atoms with van der Waals surface area (Å²) >= 11 is 13.5. The Morgan fingerprint density at radius 1 is 1.16 bits per heavy atom. The van der Waals surface area contributed by atoms with E-state index in [0.717, 1.165) is 16.9 Å². The van der Waals surface area contributed by atoms with E-state index >= 15 is 0 Å². The monoisotopic (exact) mass is 490 g/mol. The first-order chi connectivity index (χ1) is 15.3. The molecule has 9 heteroatoms. The highest BCUT2D eigenvalue weighted by Crippen LogP contribution is 2.31. The highest BCUT2D eigenvalue weighted by atomic mass is 35.5. The summed E-state index contributed by atoms with van der Waals surface area (Å²) in [4.78, 5) is 28.5. The van der Waals surface area contributed by atoms with Gasteiger partial charge in [-0.25, -0.2) is 4.98 Å². The lowest BCUT2D eigenvalue weighted by atomic mass is 10.2. The van der Waals surface area contributed by atoms with Crippen LogP contribution in [0.3, 0.4) is 0 Å². The number of aryl methyl sites for hydroxylation is 1. The van der Waals surface area contributed by atoms with Crippen molar-refractivity contribution in [3.63, 3.8) is 0 Å². The minimum atomic E-state index is -0.360. The summed E-state index contributed by atoms with van der Waals surface area (Å²) in [6, 6.07) is 10.5. The van der Waals surface area contributed by atoms with Crippen LogP contribution in [0.1, 0.15) is 33.4 Å². The molecule has 6 nitrogen and oxygen atoms in total. The number of amides is 1. The SMILES string of the molecule is COc1cc(C=CC(=O)Nc2nc(C)c(C(C)=O)s2)ccc1OCc1c(Cl)cccc1Cl. The van der Waals surface area contributed by atoms with Crippen LogP contribution in [0.2, 0.25) is 10.0 Å². The summed E-state index contributed by atoms with van der Waals surface area (Å²) < 4.78 is 11.2. The van der Waals surface area contributed by atoms with Crippen molar-refractivity contribution < 1.29 is 19.1 Å². The number of rotatable bonds is 8. The van der Waals surface area contributed by atoms with E-state index in [0.29, 0.717) is 42.8 Å². The van der Waals surface area contributed by atoms with Crippen molar-refractivity contribution in [3.8, 4) is 11.5 Å².